The van der Waals surface area contributed by atoms with Crippen LogP contribution in [0.2, 0.25) is 0 Å². The van der Waals surface area contributed by atoms with E-state index in [2.05, 4.69) is 0 Å². The predicted molar refractivity (Wildman–Crippen MR) is 157 cm³/mol. The molecule has 0 radical (unpaired) electrons. The van der Waals surface area contributed by atoms with E-state index in [0.717, 1.165) is 22.6 Å². The Labute approximate surface area is 260 Å². The highest BCUT2D eigenvalue weighted by Gasteiger charge is 2.47. The van der Waals surface area contributed by atoms with Gasteiger partial charge in [-0.05, 0) is 44.0 Å². The second-order valence-corrected chi connectivity index (χ2v) is 12.0. The molecule has 0 N–H and O–H groups in total. The van der Waals surface area contributed by atoms with Crippen LogP contribution < -0.4 is 15.2 Å². The number of carbonyl (C=O) groups is 3. The molecule has 2 atom stereocenters. The van der Waals surface area contributed by atoms with Crippen molar-refractivity contribution in [2.75, 3.05) is 31.4 Å². The van der Waals surface area contributed by atoms with Crippen LogP contribution in [0.1, 0.15) is 54.0 Å². The van der Waals surface area contributed by atoms with Gasteiger partial charge in [-0.25, -0.2) is 18.4 Å². The molecule has 2 aromatic carbocycles. The van der Waals surface area contributed by atoms with Crippen molar-refractivity contribution < 1.29 is 42.1 Å². The fourth-order valence-corrected chi connectivity index (χ4v) is 6.84. The Balaban J connectivity index is 1.52. The second-order valence-electron chi connectivity index (χ2n) is 11.0. The number of morpholine rings is 1. The van der Waals surface area contributed by atoms with Gasteiger partial charge in [0.15, 0.2) is 17.3 Å². The molecule has 3 aliphatic heterocycles. The molecule has 1 saturated heterocycles. The predicted octanol–water partition coefficient (Wildman–Crippen LogP) is 4.13. The SMILES string of the molecule is CCOC(=O)C(C)(C)OC(=O)Oc1c2n(ccc1=O)N([C@@H]1c3ccccc3SCc3c1ccc(F)c3F)[C@@H]1COCCN1C2=O. The van der Waals surface area contributed by atoms with E-state index >= 15 is 4.39 Å². The lowest BCUT2D eigenvalue weighted by molar-refractivity contribution is -0.162. The fourth-order valence-electron chi connectivity index (χ4n) is 5.73. The lowest BCUT2D eigenvalue weighted by atomic mass is 9.93. The first-order valence-corrected chi connectivity index (χ1v) is 15.2. The first-order valence-electron chi connectivity index (χ1n) is 14.2. The topological polar surface area (TPSA) is 117 Å². The van der Waals surface area contributed by atoms with Crippen molar-refractivity contribution in [3.63, 3.8) is 0 Å². The molecule has 11 nitrogen and oxygen atoms in total. The number of carbonyl (C=O) groups excluding carboxylic acids is 3. The van der Waals surface area contributed by atoms with Gasteiger partial charge >= 0.3 is 12.1 Å². The number of esters is 1. The third kappa shape index (κ3) is 5.31. The lowest BCUT2D eigenvalue weighted by Gasteiger charge is -2.51. The van der Waals surface area contributed by atoms with Crippen LogP contribution in [0.25, 0.3) is 0 Å². The van der Waals surface area contributed by atoms with Crippen molar-refractivity contribution in [3.05, 3.63) is 92.9 Å². The van der Waals surface area contributed by atoms with Crippen molar-refractivity contribution in [2.45, 2.75) is 49.2 Å². The van der Waals surface area contributed by atoms with E-state index in [9.17, 15) is 23.6 Å². The molecule has 3 aromatic rings. The van der Waals surface area contributed by atoms with Crippen LogP contribution in [-0.4, -0.2) is 65.7 Å². The summed E-state index contributed by atoms with van der Waals surface area (Å²) in [6, 6.07) is 10.3. The minimum absolute atomic E-state index is 0.0434. The third-order valence-electron chi connectivity index (χ3n) is 7.82. The lowest BCUT2D eigenvalue weighted by Crippen LogP contribution is -2.66. The summed E-state index contributed by atoms with van der Waals surface area (Å²) in [7, 11) is 0. The first kappa shape index (κ1) is 30.6. The Morgan fingerprint density at radius 1 is 1.09 bits per heavy atom. The van der Waals surface area contributed by atoms with Crippen LogP contribution in [0.4, 0.5) is 13.6 Å². The molecule has 0 aliphatic carbocycles. The van der Waals surface area contributed by atoms with E-state index in [0.29, 0.717) is 5.56 Å². The van der Waals surface area contributed by atoms with E-state index < -0.39 is 58.7 Å². The number of pyridine rings is 1. The monoisotopic (exact) mass is 641 g/mol. The average molecular weight is 642 g/mol. The number of fused-ring (bicyclic) bond motifs is 4. The number of amides is 1. The minimum atomic E-state index is -1.76. The highest BCUT2D eigenvalue weighted by Crippen LogP contribution is 2.45. The Hall–Kier alpha value is -4.43. The summed E-state index contributed by atoms with van der Waals surface area (Å²) in [5.41, 5.74) is -1.48. The maximum Gasteiger partial charge on any atom is 0.515 e. The van der Waals surface area contributed by atoms with E-state index in [1.54, 1.807) is 11.9 Å². The van der Waals surface area contributed by atoms with Crippen molar-refractivity contribution in [1.29, 1.82) is 0 Å². The van der Waals surface area contributed by atoms with Crippen LogP contribution >= 0.6 is 11.8 Å². The quantitative estimate of drug-likeness (QED) is 0.377. The molecule has 6 rings (SSSR count). The smallest absolute Gasteiger partial charge is 0.463 e. The summed E-state index contributed by atoms with van der Waals surface area (Å²) in [6.45, 7) is 4.63. The van der Waals surface area contributed by atoms with Gasteiger partial charge in [0.2, 0.25) is 16.8 Å². The molecule has 3 aliphatic rings. The van der Waals surface area contributed by atoms with Gasteiger partial charge in [0.25, 0.3) is 5.91 Å². The van der Waals surface area contributed by atoms with Gasteiger partial charge < -0.3 is 23.8 Å². The summed E-state index contributed by atoms with van der Waals surface area (Å²) >= 11 is 1.35. The molecule has 4 heterocycles. The van der Waals surface area contributed by atoms with E-state index in [1.165, 1.54) is 47.4 Å². The molecule has 0 unspecified atom stereocenters. The molecule has 1 fully saturated rings. The number of hydrogen-bond acceptors (Lipinski definition) is 10. The Morgan fingerprint density at radius 2 is 1.87 bits per heavy atom. The molecule has 45 heavy (non-hydrogen) atoms. The van der Waals surface area contributed by atoms with Gasteiger partial charge in [0.1, 0.15) is 6.17 Å². The number of nitrogens with zero attached hydrogens (tertiary/aromatic N) is 3. The Morgan fingerprint density at radius 3 is 2.64 bits per heavy atom. The second kappa shape index (κ2) is 11.8. The maximum absolute atomic E-state index is 15.4. The molecule has 1 amide bonds. The van der Waals surface area contributed by atoms with Gasteiger partial charge in [0.05, 0.1) is 25.9 Å². The minimum Gasteiger partial charge on any atom is -0.463 e. The number of hydrogen-bond donors (Lipinski definition) is 0. The normalized spacial score (nSPS) is 19.0. The maximum atomic E-state index is 15.4. The number of ether oxygens (including phenoxy) is 4. The summed E-state index contributed by atoms with van der Waals surface area (Å²) in [5.74, 6) is -3.88. The van der Waals surface area contributed by atoms with Gasteiger partial charge in [0, 0.05) is 35.0 Å². The van der Waals surface area contributed by atoms with Crippen LogP contribution in [0.15, 0.2) is 58.4 Å². The van der Waals surface area contributed by atoms with Crippen LogP contribution in [0.3, 0.4) is 0 Å². The zero-order valence-electron chi connectivity index (χ0n) is 24.6. The van der Waals surface area contributed by atoms with E-state index in [4.69, 9.17) is 18.9 Å². The Bertz CT molecular complexity index is 1760. The molecule has 1 aromatic heterocycles. The molecule has 0 spiro atoms. The van der Waals surface area contributed by atoms with Gasteiger partial charge in [-0.15, -0.1) is 11.8 Å². The van der Waals surface area contributed by atoms with Crippen molar-refractivity contribution >= 4 is 29.8 Å². The number of thioether (sulfide) groups is 1. The Kier molecular flexibility index (Phi) is 8.04. The number of aromatic nitrogens is 1. The molecule has 0 bridgehead atoms. The molecule has 0 saturated carbocycles. The largest absolute Gasteiger partial charge is 0.515 e. The number of halogens is 2. The van der Waals surface area contributed by atoms with Crippen molar-refractivity contribution in [1.82, 2.24) is 9.58 Å². The van der Waals surface area contributed by atoms with Crippen molar-refractivity contribution in [3.8, 4) is 5.75 Å². The molecular formula is C31H29F2N3O8S. The zero-order valence-corrected chi connectivity index (χ0v) is 25.4. The zero-order chi connectivity index (χ0) is 32.0. The molecule has 14 heteroatoms. The third-order valence-corrected chi connectivity index (χ3v) is 8.94. The van der Waals surface area contributed by atoms with Gasteiger partial charge in [-0.3, -0.25) is 19.3 Å². The van der Waals surface area contributed by atoms with Crippen LogP contribution in [0.5, 0.6) is 5.75 Å². The fraction of sp³-hybridized carbons (Fsp3) is 0.355. The molecule has 236 valence electrons. The van der Waals surface area contributed by atoms with Gasteiger partial charge in [-0.2, -0.15) is 0 Å². The summed E-state index contributed by atoms with van der Waals surface area (Å²) in [6.07, 6.45) is -0.782. The van der Waals surface area contributed by atoms with Gasteiger partial charge in [-0.1, -0.05) is 24.3 Å². The summed E-state index contributed by atoms with van der Waals surface area (Å²) < 4.78 is 52.6. The average Bonchev–Trinajstić information content (AvgIpc) is 3.18. The number of benzene rings is 2. The summed E-state index contributed by atoms with van der Waals surface area (Å²) in [4.78, 5) is 54.8. The first-order chi connectivity index (χ1) is 21.5. The summed E-state index contributed by atoms with van der Waals surface area (Å²) in [5, 5.41) is 1.75. The van der Waals surface area contributed by atoms with Crippen LogP contribution in [0, 0.1) is 11.6 Å². The standard InChI is InChI=1S/C31H29F2N3O8S/c1-4-42-29(39)31(2,3)44-30(40)43-27-21(37)11-12-35-26(27)28(38)34-13-14-41-15-23(34)36(35)25-17-9-10-20(32)24(33)19(17)16-45-22-8-6-5-7-18(22)25/h5-12,23,25H,4,13-16H2,1-3H3/t23-,25+/m1/s1. The number of rotatable bonds is 5. The molecular weight excluding hydrogens is 612 g/mol. The van der Waals surface area contributed by atoms with E-state index in [1.807, 2.05) is 24.3 Å². The van der Waals surface area contributed by atoms with E-state index in [-0.39, 0.29) is 43.4 Å². The highest BCUT2D eigenvalue weighted by atomic mass is 32.2. The highest BCUT2D eigenvalue weighted by molar-refractivity contribution is 7.98. The van der Waals surface area contributed by atoms with Crippen LogP contribution in [-0.2, 0) is 24.8 Å². The van der Waals surface area contributed by atoms with Crippen molar-refractivity contribution in [2.24, 2.45) is 0 Å².